The van der Waals surface area contributed by atoms with Crippen LogP contribution in [0.4, 0.5) is 0 Å². The van der Waals surface area contributed by atoms with Gasteiger partial charge in [0.2, 0.25) is 5.91 Å². The van der Waals surface area contributed by atoms with E-state index < -0.39 is 5.91 Å². The van der Waals surface area contributed by atoms with E-state index in [4.69, 9.17) is 15.2 Å². The van der Waals surface area contributed by atoms with Crippen molar-refractivity contribution in [3.05, 3.63) is 50.9 Å². The molecule has 0 saturated carbocycles. The van der Waals surface area contributed by atoms with E-state index >= 15 is 0 Å². The Morgan fingerprint density at radius 1 is 1.05 bits per heavy atom. The minimum atomic E-state index is -0.492. The molecule has 0 fully saturated rings. The third-order valence-corrected chi connectivity index (χ3v) is 3.85. The predicted molar refractivity (Wildman–Crippen MR) is 83.4 cm³/mol. The van der Waals surface area contributed by atoms with E-state index in [9.17, 15) is 4.79 Å². The molecule has 4 nitrogen and oxygen atoms in total. The fourth-order valence-corrected chi connectivity index (χ4v) is 2.57. The summed E-state index contributed by atoms with van der Waals surface area (Å²) in [6.45, 7) is 0. The average molecular weight is 401 g/mol. The van der Waals surface area contributed by atoms with Gasteiger partial charge in [0.15, 0.2) is 0 Å². The van der Waals surface area contributed by atoms with Crippen LogP contribution in [-0.2, 0) is 0 Å². The molecule has 0 spiro atoms. The highest BCUT2D eigenvalue weighted by atomic mass is 79.9. The van der Waals surface area contributed by atoms with E-state index in [0.29, 0.717) is 21.5 Å². The number of carbonyl (C=O) groups is 1. The second-order valence-corrected chi connectivity index (χ2v) is 5.61. The molecule has 2 aromatic carbocycles. The molecule has 0 bridgehead atoms. The highest BCUT2D eigenvalue weighted by molar-refractivity contribution is 9.10. The molecule has 1 amide bonds. The second kappa shape index (κ2) is 6.28. The Morgan fingerprint density at radius 3 is 2.25 bits per heavy atom. The zero-order valence-corrected chi connectivity index (χ0v) is 13.7. The molecule has 2 rings (SSSR count). The molecule has 0 saturated heterocycles. The number of methoxy groups -OCH3 is 1. The van der Waals surface area contributed by atoms with Gasteiger partial charge in [-0.15, -0.1) is 0 Å². The second-order valence-electron chi connectivity index (χ2n) is 3.90. The van der Waals surface area contributed by atoms with Crippen LogP contribution in [0.2, 0.25) is 0 Å². The molecule has 0 atom stereocenters. The highest BCUT2D eigenvalue weighted by Gasteiger charge is 2.09. The average Bonchev–Trinajstić information content (AvgIpc) is 2.40. The Balaban J connectivity index is 2.26. The first kappa shape index (κ1) is 14.9. The largest absolute Gasteiger partial charge is 0.497 e. The molecular formula is C14H11Br2NO3. The molecule has 0 aliphatic rings. The summed E-state index contributed by atoms with van der Waals surface area (Å²) in [6.07, 6.45) is 0. The number of hydrogen-bond donors (Lipinski definition) is 1. The Kier molecular flexibility index (Phi) is 4.67. The lowest BCUT2D eigenvalue weighted by atomic mass is 10.2. The smallest absolute Gasteiger partial charge is 0.249 e. The Hall–Kier alpha value is -1.53. The van der Waals surface area contributed by atoms with Crippen molar-refractivity contribution >= 4 is 37.8 Å². The number of ether oxygens (including phenoxy) is 2. The maximum absolute atomic E-state index is 11.1. The van der Waals surface area contributed by atoms with Gasteiger partial charge >= 0.3 is 0 Å². The van der Waals surface area contributed by atoms with Crippen molar-refractivity contribution < 1.29 is 14.3 Å². The summed E-state index contributed by atoms with van der Waals surface area (Å²) < 4.78 is 12.2. The molecule has 0 aliphatic carbocycles. The third-order valence-electron chi connectivity index (χ3n) is 2.57. The number of carbonyl (C=O) groups excluding carboxylic acids is 1. The third kappa shape index (κ3) is 3.32. The van der Waals surface area contributed by atoms with Gasteiger partial charge in [-0.1, -0.05) is 0 Å². The quantitative estimate of drug-likeness (QED) is 0.839. The van der Waals surface area contributed by atoms with E-state index in [-0.39, 0.29) is 0 Å². The lowest BCUT2D eigenvalue weighted by molar-refractivity contribution is 0.0999. The maximum atomic E-state index is 11.1. The van der Waals surface area contributed by atoms with E-state index in [1.54, 1.807) is 37.4 Å². The lowest BCUT2D eigenvalue weighted by Gasteiger charge is -2.10. The predicted octanol–water partition coefficient (Wildman–Crippen LogP) is 4.11. The summed E-state index contributed by atoms with van der Waals surface area (Å²) in [5, 5.41) is 0. The van der Waals surface area contributed by atoms with Gasteiger partial charge in [0, 0.05) is 4.47 Å². The summed E-state index contributed by atoms with van der Waals surface area (Å²) in [5.41, 5.74) is 5.65. The zero-order valence-electron chi connectivity index (χ0n) is 10.5. The van der Waals surface area contributed by atoms with Gasteiger partial charge in [0.25, 0.3) is 0 Å². The van der Waals surface area contributed by atoms with Gasteiger partial charge < -0.3 is 15.2 Å². The number of rotatable bonds is 4. The molecular weight excluding hydrogens is 390 g/mol. The van der Waals surface area contributed by atoms with Crippen molar-refractivity contribution in [3.8, 4) is 17.2 Å². The van der Waals surface area contributed by atoms with E-state index in [2.05, 4.69) is 31.9 Å². The standard InChI is InChI=1S/C14H11Br2NO3/c1-19-8-3-5-13(12(16)6-8)20-9-2-4-10(14(17)18)11(15)7-9/h2-7H,1H3,(H2,17,18). The minimum Gasteiger partial charge on any atom is -0.497 e. The summed E-state index contributed by atoms with van der Waals surface area (Å²) in [5.74, 6) is 1.47. The highest BCUT2D eigenvalue weighted by Crippen LogP contribution is 2.34. The molecule has 0 radical (unpaired) electrons. The van der Waals surface area contributed by atoms with Crippen LogP contribution < -0.4 is 15.2 Å². The number of hydrogen-bond acceptors (Lipinski definition) is 3. The van der Waals surface area contributed by atoms with Gasteiger partial charge in [-0.25, -0.2) is 0 Å². The zero-order chi connectivity index (χ0) is 14.7. The number of amides is 1. The van der Waals surface area contributed by atoms with Crippen molar-refractivity contribution in [2.45, 2.75) is 0 Å². The minimum absolute atomic E-state index is 0.408. The molecule has 2 aromatic rings. The first-order valence-corrected chi connectivity index (χ1v) is 7.20. The van der Waals surface area contributed by atoms with Crippen LogP contribution in [0.25, 0.3) is 0 Å². The molecule has 0 aliphatic heterocycles. The Morgan fingerprint density at radius 2 is 1.70 bits per heavy atom. The van der Waals surface area contributed by atoms with Crippen LogP contribution in [0.5, 0.6) is 17.2 Å². The van der Waals surface area contributed by atoms with E-state index in [1.165, 1.54) is 0 Å². The summed E-state index contributed by atoms with van der Waals surface area (Å²) in [7, 11) is 1.60. The first-order valence-electron chi connectivity index (χ1n) is 5.62. The van der Waals surface area contributed by atoms with Gasteiger partial charge in [-0.3, -0.25) is 4.79 Å². The SMILES string of the molecule is COc1ccc(Oc2ccc(C(N)=O)c(Br)c2)c(Br)c1. The Bertz CT molecular complexity index is 659. The number of benzene rings is 2. The van der Waals surface area contributed by atoms with Gasteiger partial charge in [-0.05, 0) is 68.3 Å². The van der Waals surface area contributed by atoms with Crippen molar-refractivity contribution in [3.63, 3.8) is 0 Å². The number of halogens is 2. The van der Waals surface area contributed by atoms with Crippen molar-refractivity contribution in [1.29, 1.82) is 0 Å². The lowest BCUT2D eigenvalue weighted by Crippen LogP contribution is -2.11. The van der Waals surface area contributed by atoms with Crippen LogP contribution in [0.1, 0.15) is 10.4 Å². The summed E-state index contributed by atoms with van der Waals surface area (Å²) in [4.78, 5) is 11.1. The molecule has 0 aromatic heterocycles. The normalized spacial score (nSPS) is 10.2. The molecule has 0 heterocycles. The van der Waals surface area contributed by atoms with E-state index in [1.807, 2.05) is 6.07 Å². The fourth-order valence-electron chi connectivity index (χ4n) is 1.58. The van der Waals surface area contributed by atoms with Crippen LogP contribution in [0, 0.1) is 0 Å². The first-order chi connectivity index (χ1) is 9.51. The molecule has 6 heteroatoms. The number of primary amides is 1. The summed E-state index contributed by atoms with van der Waals surface area (Å²) >= 11 is 6.70. The van der Waals surface area contributed by atoms with Gasteiger partial charge in [-0.2, -0.15) is 0 Å². The van der Waals surface area contributed by atoms with Gasteiger partial charge in [0.05, 0.1) is 17.1 Å². The molecule has 2 N–H and O–H groups in total. The fraction of sp³-hybridized carbons (Fsp3) is 0.0714. The van der Waals surface area contributed by atoms with Crippen LogP contribution in [0.15, 0.2) is 45.3 Å². The Labute approximate surface area is 133 Å². The van der Waals surface area contributed by atoms with Crippen molar-refractivity contribution in [1.82, 2.24) is 0 Å². The summed E-state index contributed by atoms with van der Waals surface area (Å²) in [6, 6.07) is 10.4. The molecule has 0 unspecified atom stereocenters. The maximum Gasteiger partial charge on any atom is 0.249 e. The number of nitrogens with two attached hydrogens (primary N) is 1. The van der Waals surface area contributed by atoms with Crippen LogP contribution in [-0.4, -0.2) is 13.0 Å². The van der Waals surface area contributed by atoms with Crippen LogP contribution >= 0.6 is 31.9 Å². The van der Waals surface area contributed by atoms with Crippen molar-refractivity contribution in [2.24, 2.45) is 5.73 Å². The van der Waals surface area contributed by atoms with Gasteiger partial charge in [0.1, 0.15) is 17.2 Å². The monoisotopic (exact) mass is 399 g/mol. The van der Waals surface area contributed by atoms with Crippen molar-refractivity contribution in [2.75, 3.05) is 7.11 Å². The molecule has 104 valence electrons. The van der Waals surface area contributed by atoms with E-state index in [0.717, 1.165) is 10.2 Å². The van der Waals surface area contributed by atoms with Crippen LogP contribution in [0.3, 0.4) is 0 Å². The topological polar surface area (TPSA) is 61.6 Å². The molecule has 20 heavy (non-hydrogen) atoms.